The van der Waals surface area contributed by atoms with Gasteiger partial charge in [-0.25, -0.2) is 9.78 Å². The standard InChI is InChI=1S/C33H29ClN2O4/c1-23-31(35-32(40-23)24-10-5-3-6-11-24)20-21-39-27-18-16-26(17-19-27)36(25-12-7-4-8-13-25)22-29-28(33(37)38-2)14-9-15-30(29)34/h3-19H,20-22H2,1-2H3. The molecule has 0 amide bonds. The van der Waals surface area contributed by atoms with E-state index in [-0.39, 0.29) is 0 Å². The first-order valence-corrected chi connectivity index (χ1v) is 13.3. The molecule has 0 aliphatic carbocycles. The molecule has 40 heavy (non-hydrogen) atoms. The Morgan fingerprint density at radius 3 is 2.25 bits per heavy atom. The van der Waals surface area contributed by atoms with E-state index in [1.54, 1.807) is 18.2 Å². The number of benzene rings is 4. The van der Waals surface area contributed by atoms with Crippen molar-refractivity contribution in [2.24, 2.45) is 0 Å². The van der Waals surface area contributed by atoms with E-state index in [9.17, 15) is 4.79 Å². The maximum Gasteiger partial charge on any atom is 0.338 e. The second-order valence-electron chi connectivity index (χ2n) is 9.16. The number of aryl methyl sites for hydroxylation is 1. The lowest BCUT2D eigenvalue weighted by Gasteiger charge is -2.26. The number of aromatic nitrogens is 1. The number of hydrogen-bond acceptors (Lipinski definition) is 6. The molecular weight excluding hydrogens is 524 g/mol. The molecule has 0 saturated heterocycles. The van der Waals surface area contributed by atoms with E-state index >= 15 is 0 Å². The van der Waals surface area contributed by atoms with Crippen LogP contribution in [-0.2, 0) is 17.7 Å². The molecule has 0 fully saturated rings. The number of rotatable bonds is 10. The molecule has 1 heterocycles. The summed E-state index contributed by atoms with van der Waals surface area (Å²) in [5.74, 6) is 1.73. The summed E-state index contributed by atoms with van der Waals surface area (Å²) in [6.07, 6.45) is 0.628. The first-order chi connectivity index (χ1) is 19.5. The number of halogens is 1. The highest BCUT2D eigenvalue weighted by Crippen LogP contribution is 2.32. The fraction of sp³-hybridized carbons (Fsp3) is 0.152. The Balaban J connectivity index is 1.31. The van der Waals surface area contributed by atoms with Crippen LogP contribution in [0, 0.1) is 6.92 Å². The highest BCUT2D eigenvalue weighted by atomic mass is 35.5. The fourth-order valence-electron chi connectivity index (χ4n) is 4.47. The van der Waals surface area contributed by atoms with Crippen LogP contribution in [0.4, 0.5) is 11.4 Å². The van der Waals surface area contributed by atoms with E-state index in [1.165, 1.54) is 7.11 Å². The van der Waals surface area contributed by atoms with Crippen LogP contribution >= 0.6 is 11.6 Å². The summed E-state index contributed by atoms with van der Waals surface area (Å²) in [6.45, 7) is 2.77. The molecule has 7 heteroatoms. The van der Waals surface area contributed by atoms with Gasteiger partial charge in [-0.05, 0) is 67.6 Å². The first-order valence-electron chi connectivity index (χ1n) is 13.0. The van der Waals surface area contributed by atoms with Crippen molar-refractivity contribution in [3.8, 4) is 17.2 Å². The van der Waals surface area contributed by atoms with Crippen molar-refractivity contribution in [2.75, 3.05) is 18.6 Å². The summed E-state index contributed by atoms with van der Waals surface area (Å²) in [5.41, 5.74) is 4.85. The van der Waals surface area contributed by atoms with Gasteiger partial charge in [0.2, 0.25) is 5.89 Å². The van der Waals surface area contributed by atoms with Gasteiger partial charge in [0.15, 0.2) is 0 Å². The highest BCUT2D eigenvalue weighted by Gasteiger charge is 2.19. The number of anilines is 2. The zero-order valence-electron chi connectivity index (χ0n) is 22.3. The van der Waals surface area contributed by atoms with Crippen molar-refractivity contribution in [1.29, 1.82) is 0 Å². The van der Waals surface area contributed by atoms with Crippen LogP contribution < -0.4 is 9.64 Å². The minimum Gasteiger partial charge on any atom is -0.493 e. The van der Waals surface area contributed by atoms with Gasteiger partial charge in [-0.3, -0.25) is 0 Å². The number of hydrogen-bond donors (Lipinski definition) is 0. The van der Waals surface area contributed by atoms with Crippen LogP contribution in [-0.4, -0.2) is 24.7 Å². The quantitative estimate of drug-likeness (QED) is 0.163. The third kappa shape index (κ3) is 6.19. The van der Waals surface area contributed by atoms with Crippen LogP contribution in [0.25, 0.3) is 11.5 Å². The summed E-state index contributed by atoms with van der Waals surface area (Å²) in [7, 11) is 1.37. The van der Waals surface area contributed by atoms with Crippen LogP contribution in [0.3, 0.4) is 0 Å². The largest absolute Gasteiger partial charge is 0.493 e. The van der Waals surface area contributed by atoms with E-state index in [0.29, 0.717) is 41.6 Å². The van der Waals surface area contributed by atoms with Gasteiger partial charge in [0.1, 0.15) is 11.5 Å². The molecule has 1 aromatic heterocycles. The van der Waals surface area contributed by atoms with Crippen molar-refractivity contribution in [2.45, 2.75) is 19.9 Å². The summed E-state index contributed by atoms with van der Waals surface area (Å²) in [5, 5.41) is 0.502. The van der Waals surface area contributed by atoms with Crippen molar-refractivity contribution >= 4 is 28.9 Å². The molecule has 0 bridgehead atoms. The lowest BCUT2D eigenvalue weighted by Crippen LogP contribution is -2.19. The normalized spacial score (nSPS) is 10.8. The summed E-state index contributed by atoms with van der Waals surface area (Å²) in [6, 6.07) is 32.9. The van der Waals surface area contributed by atoms with Crippen LogP contribution in [0.1, 0.15) is 27.4 Å². The molecule has 4 aromatic carbocycles. The van der Waals surface area contributed by atoms with Crippen LogP contribution in [0.5, 0.6) is 5.75 Å². The third-order valence-electron chi connectivity index (χ3n) is 6.58. The van der Waals surface area contributed by atoms with E-state index in [2.05, 4.69) is 9.88 Å². The second kappa shape index (κ2) is 12.5. The molecule has 5 rings (SSSR count). The van der Waals surface area contributed by atoms with E-state index < -0.39 is 5.97 Å². The topological polar surface area (TPSA) is 64.8 Å². The Hall–Kier alpha value is -4.55. The van der Waals surface area contributed by atoms with Crippen molar-refractivity contribution in [1.82, 2.24) is 4.98 Å². The molecule has 0 aliphatic heterocycles. The summed E-state index contributed by atoms with van der Waals surface area (Å²) in [4.78, 5) is 19.2. The van der Waals surface area contributed by atoms with Gasteiger partial charge >= 0.3 is 5.97 Å². The Kier molecular flexibility index (Phi) is 8.47. The molecule has 202 valence electrons. The minimum absolute atomic E-state index is 0.378. The first kappa shape index (κ1) is 27.0. The smallest absolute Gasteiger partial charge is 0.338 e. The highest BCUT2D eigenvalue weighted by molar-refractivity contribution is 6.31. The Labute approximate surface area is 238 Å². The number of carbonyl (C=O) groups excluding carboxylic acids is 1. The van der Waals surface area contributed by atoms with Crippen molar-refractivity contribution in [3.63, 3.8) is 0 Å². The van der Waals surface area contributed by atoms with Gasteiger partial charge in [0.25, 0.3) is 0 Å². The lowest BCUT2D eigenvalue weighted by atomic mass is 10.1. The molecule has 0 aliphatic rings. The minimum atomic E-state index is -0.424. The maximum atomic E-state index is 12.5. The number of carbonyl (C=O) groups is 1. The Morgan fingerprint density at radius 2 is 1.55 bits per heavy atom. The lowest BCUT2D eigenvalue weighted by molar-refractivity contribution is 0.0599. The molecule has 0 spiro atoms. The average Bonchev–Trinajstić information content (AvgIpc) is 3.37. The predicted molar refractivity (Wildman–Crippen MR) is 157 cm³/mol. The zero-order chi connectivity index (χ0) is 27.9. The number of oxazole rings is 1. The molecule has 0 atom stereocenters. The van der Waals surface area contributed by atoms with Gasteiger partial charge in [0, 0.05) is 33.9 Å². The molecule has 0 N–H and O–H groups in total. The number of nitrogens with zero attached hydrogens (tertiary/aromatic N) is 2. The van der Waals surface area contributed by atoms with Gasteiger partial charge in [0.05, 0.1) is 31.5 Å². The van der Waals surface area contributed by atoms with Gasteiger partial charge in [-0.2, -0.15) is 0 Å². The predicted octanol–water partition coefficient (Wildman–Crippen LogP) is 8.05. The SMILES string of the molecule is COC(=O)c1cccc(Cl)c1CN(c1ccccc1)c1ccc(OCCc2nc(-c3ccccc3)oc2C)cc1. The molecule has 0 radical (unpaired) electrons. The molecule has 6 nitrogen and oxygen atoms in total. The van der Waals surface area contributed by atoms with Gasteiger partial charge in [-0.1, -0.05) is 54.1 Å². The number of esters is 1. The number of ether oxygens (including phenoxy) is 2. The summed E-state index contributed by atoms with van der Waals surface area (Å²) < 4.78 is 16.9. The van der Waals surface area contributed by atoms with Crippen molar-refractivity contribution < 1.29 is 18.7 Å². The molecular formula is C33H29ClN2O4. The van der Waals surface area contributed by atoms with E-state index in [4.69, 9.17) is 25.5 Å². The molecule has 0 saturated carbocycles. The van der Waals surface area contributed by atoms with Crippen LogP contribution in [0.15, 0.2) is 108 Å². The number of para-hydroxylation sites is 1. The van der Waals surface area contributed by atoms with E-state index in [1.807, 2.05) is 91.9 Å². The Morgan fingerprint density at radius 1 is 0.875 bits per heavy atom. The number of methoxy groups -OCH3 is 1. The van der Waals surface area contributed by atoms with E-state index in [0.717, 1.165) is 34.1 Å². The maximum absolute atomic E-state index is 12.5. The molecule has 5 aromatic rings. The fourth-order valence-corrected chi connectivity index (χ4v) is 4.70. The molecule has 0 unspecified atom stereocenters. The monoisotopic (exact) mass is 552 g/mol. The third-order valence-corrected chi connectivity index (χ3v) is 6.93. The zero-order valence-corrected chi connectivity index (χ0v) is 23.1. The Bertz CT molecular complexity index is 1570. The second-order valence-corrected chi connectivity index (χ2v) is 9.57. The van der Waals surface area contributed by atoms with Crippen LogP contribution in [0.2, 0.25) is 5.02 Å². The van der Waals surface area contributed by atoms with Gasteiger partial charge in [-0.15, -0.1) is 0 Å². The van der Waals surface area contributed by atoms with Crippen molar-refractivity contribution in [3.05, 3.63) is 131 Å². The summed E-state index contributed by atoms with van der Waals surface area (Å²) >= 11 is 6.56. The average molecular weight is 553 g/mol. The van der Waals surface area contributed by atoms with Gasteiger partial charge < -0.3 is 18.8 Å².